The van der Waals surface area contributed by atoms with Gasteiger partial charge < -0.3 is 9.84 Å². The number of aliphatic carboxylic acids is 1. The number of rotatable bonds is 4. The Morgan fingerprint density at radius 2 is 2.20 bits per heavy atom. The van der Waals surface area contributed by atoms with Crippen molar-refractivity contribution in [2.45, 2.75) is 19.9 Å². The molecule has 1 N–H and O–H groups in total. The smallest absolute Gasteiger partial charge is 0.310 e. The van der Waals surface area contributed by atoms with Gasteiger partial charge in [-0.3, -0.25) is 9.69 Å². The zero-order valence-electron chi connectivity index (χ0n) is 9.56. The van der Waals surface area contributed by atoms with Gasteiger partial charge in [-0.05, 0) is 20.9 Å². The van der Waals surface area contributed by atoms with E-state index in [-0.39, 0.29) is 12.0 Å². The summed E-state index contributed by atoms with van der Waals surface area (Å²) in [6.07, 6.45) is 2.09. The van der Waals surface area contributed by atoms with Crippen molar-refractivity contribution >= 4 is 5.97 Å². The molecule has 0 amide bonds. The van der Waals surface area contributed by atoms with Gasteiger partial charge in [0.05, 0.1) is 19.1 Å². The Hall–Kier alpha value is -0.870. The maximum absolute atomic E-state index is 10.9. The highest BCUT2D eigenvalue weighted by Gasteiger charge is 2.36. The van der Waals surface area contributed by atoms with Crippen LogP contribution in [0.15, 0.2) is 11.6 Å². The Morgan fingerprint density at radius 3 is 2.73 bits per heavy atom. The van der Waals surface area contributed by atoms with Crippen LogP contribution in [0.3, 0.4) is 0 Å². The van der Waals surface area contributed by atoms with Gasteiger partial charge >= 0.3 is 5.97 Å². The van der Waals surface area contributed by atoms with E-state index in [4.69, 9.17) is 9.84 Å². The van der Waals surface area contributed by atoms with E-state index < -0.39 is 5.97 Å². The van der Waals surface area contributed by atoms with Crippen molar-refractivity contribution in [3.63, 3.8) is 0 Å². The van der Waals surface area contributed by atoms with E-state index in [1.54, 1.807) is 0 Å². The molecule has 4 heteroatoms. The molecule has 0 aromatic carbocycles. The van der Waals surface area contributed by atoms with Gasteiger partial charge in [-0.1, -0.05) is 11.6 Å². The molecule has 0 bridgehead atoms. The average molecular weight is 213 g/mol. The average Bonchev–Trinajstić information content (AvgIpc) is 2.62. The normalized spacial score (nSPS) is 25.6. The third-order valence-electron chi connectivity index (χ3n) is 2.72. The molecule has 0 spiro atoms. The molecule has 2 unspecified atom stereocenters. The number of hydrogen-bond donors (Lipinski definition) is 1. The zero-order valence-corrected chi connectivity index (χ0v) is 9.56. The van der Waals surface area contributed by atoms with Crippen molar-refractivity contribution in [3.8, 4) is 0 Å². The summed E-state index contributed by atoms with van der Waals surface area (Å²) in [4.78, 5) is 13.0. The molecule has 1 aliphatic heterocycles. The monoisotopic (exact) mass is 213 g/mol. The van der Waals surface area contributed by atoms with Crippen LogP contribution < -0.4 is 0 Å². The Balaban J connectivity index is 2.54. The Morgan fingerprint density at radius 1 is 1.53 bits per heavy atom. The molecule has 0 aliphatic carbocycles. The first-order valence-electron chi connectivity index (χ1n) is 5.16. The largest absolute Gasteiger partial charge is 0.481 e. The van der Waals surface area contributed by atoms with Gasteiger partial charge in [-0.2, -0.15) is 0 Å². The van der Waals surface area contributed by atoms with Crippen LogP contribution in [0.4, 0.5) is 0 Å². The lowest BCUT2D eigenvalue weighted by molar-refractivity contribution is -0.143. The summed E-state index contributed by atoms with van der Waals surface area (Å²) in [6, 6.07) is -0.00176. The summed E-state index contributed by atoms with van der Waals surface area (Å²) in [5, 5.41) is 8.99. The van der Waals surface area contributed by atoms with Crippen molar-refractivity contribution in [3.05, 3.63) is 11.6 Å². The van der Waals surface area contributed by atoms with Crippen molar-refractivity contribution in [1.29, 1.82) is 0 Å². The minimum atomic E-state index is -0.762. The van der Waals surface area contributed by atoms with Gasteiger partial charge in [0.15, 0.2) is 0 Å². The number of hydrogen-bond acceptors (Lipinski definition) is 3. The van der Waals surface area contributed by atoms with Crippen LogP contribution in [-0.4, -0.2) is 48.8 Å². The lowest BCUT2D eigenvalue weighted by Gasteiger charge is -2.24. The van der Waals surface area contributed by atoms with Crippen molar-refractivity contribution in [1.82, 2.24) is 4.90 Å². The highest BCUT2D eigenvalue weighted by molar-refractivity contribution is 5.71. The molecule has 2 atom stereocenters. The number of allylic oxidation sites excluding steroid dienone is 1. The molecule has 0 radical (unpaired) electrons. The van der Waals surface area contributed by atoms with Gasteiger partial charge in [0.1, 0.15) is 0 Å². The van der Waals surface area contributed by atoms with Crippen LogP contribution in [0.5, 0.6) is 0 Å². The van der Waals surface area contributed by atoms with E-state index in [0.29, 0.717) is 13.2 Å². The second-order valence-electron chi connectivity index (χ2n) is 4.27. The Labute approximate surface area is 90.5 Å². The molecule has 15 heavy (non-hydrogen) atoms. The predicted molar refractivity (Wildman–Crippen MR) is 57.8 cm³/mol. The molecule has 1 saturated heterocycles. The summed E-state index contributed by atoms with van der Waals surface area (Å²) in [5.41, 5.74) is 1.24. The molecular formula is C11H19NO3. The Kier molecular flexibility index (Phi) is 4.29. The molecule has 4 nitrogen and oxygen atoms in total. The predicted octanol–water partition coefficient (Wildman–Crippen LogP) is 0.984. The summed E-state index contributed by atoms with van der Waals surface area (Å²) < 4.78 is 5.22. The second kappa shape index (κ2) is 5.28. The van der Waals surface area contributed by atoms with Crippen LogP contribution in [0.2, 0.25) is 0 Å². The zero-order chi connectivity index (χ0) is 11.4. The fraction of sp³-hybridized carbons (Fsp3) is 0.727. The van der Waals surface area contributed by atoms with E-state index >= 15 is 0 Å². The number of carboxylic acids is 1. The summed E-state index contributed by atoms with van der Waals surface area (Å²) >= 11 is 0. The molecule has 1 fully saturated rings. The SMILES string of the molecule is CC(C)=CCN(C)C1COCC1C(=O)O. The minimum absolute atomic E-state index is 0.00176. The second-order valence-corrected chi connectivity index (χ2v) is 4.27. The minimum Gasteiger partial charge on any atom is -0.481 e. The van der Waals surface area contributed by atoms with Crippen LogP contribution in [0.1, 0.15) is 13.8 Å². The molecule has 86 valence electrons. The number of ether oxygens (including phenoxy) is 1. The van der Waals surface area contributed by atoms with Gasteiger partial charge in [0.25, 0.3) is 0 Å². The van der Waals surface area contributed by atoms with E-state index in [1.807, 2.05) is 25.8 Å². The third kappa shape index (κ3) is 3.32. The van der Waals surface area contributed by atoms with Gasteiger partial charge in [0.2, 0.25) is 0 Å². The third-order valence-corrected chi connectivity index (χ3v) is 2.72. The van der Waals surface area contributed by atoms with Crippen LogP contribution in [0, 0.1) is 5.92 Å². The van der Waals surface area contributed by atoms with E-state index in [9.17, 15) is 4.79 Å². The molecule has 0 aromatic rings. The van der Waals surface area contributed by atoms with Crippen LogP contribution >= 0.6 is 0 Å². The lowest BCUT2D eigenvalue weighted by Crippen LogP contribution is -2.40. The fourth-order valence-electron chi connectivity index (χ4n) is 1.68. The first-order valence-corrected chi connectivity index (χ1v) is 5.16. The fourth-order valence-corrected chi connectivity index (χ4v) is 1.68. The van der Waals surface area contributed by atoms with E-state index in [0.717, 1.165) is 6.54 Å². The van der Waals surface area contributed by atoms with E-state index in [1.165, 1.54) is 5.57 Å². The topological polar surface area (TPSA) is 49.8 Å². The lowest BCUT2D eigenvalue weighted by atomic mass is 10.0. The first-order chi connectivity index (χ1) is 7.02. The molecule has 1 heterocycles. The maximum atomic E-state index is 10.9. The molecule has 1 rings (SSSR count). The standard InChI is InChI=1S/C11H19NO3/c1-8(2)4-5-12(3)10-7-15-6-9(10)11(13)14/h4,9-10H,5-7H2,1-3H3,(H,13,14). The summed E-state index contributed by atoms with van der Waals surface area (Å²) in [7, 11) is 1.94. The highest BCUT2D eigenvalue weighted by atomic mass is 16.5. The highest BCUT2D eigenvalue weighted by Crippen LogP contribution is 2.18. The van der Waals surface area contributed by atoms with Crippen molar-refractivity contribution in [2.24, 2.45) is 5.92 Å². The van der Waals surface area contributed by atoms with Crippen LogP contribution in [0.25, 0.3) is 0 Å². The molecule has 0 aromatic heterocycles. The van der Waals surface area contributed by atoms with Crippen molar-refractivity contribution < 1.29 is 14.6 Å². The summed E-state index contributed by atoms with van der Waals surface area (Å²) in [5.74, 6) is -1.15. The first kappa shape index (κ1) is 12.2. The Bertz CT molecular complexity index is 259. The van der Waals surface area contributed by atoms with E-state index in [2.05, 4.69) is 6.08 Å². The van der Waals surface area contributed by atoms with Gasteiger partial charge in [0, 0.05) is 12.6 Å². The quantitative estimate of drug-likeness (QED) is 0.707. The molecular weight excluding hydrogens is 194 g/mol. The molecule has 0 saturated carbocycles. The van der Waals surface area contributed by atoms with Gasteiger partial charge in [-0.25, -0.2) is 0 Å². The molecule has 1 aliphatic rings. The van der Waals surface area contributed by atoms with Crippen LogP contribution in [-0.2, 0) is 9.53 Å². The van der Waals surface area contributed by atoms with Crippen molar-refractivity contribution in [2.75, 3.05) is 26.8 Å². The number of carbonyl (C=O) groups is 1. The number of nitrogens with zero attached hydrogens (tertiary/aromatic N) is 1. The number of likely N-dealkylation sites (N-methyl/N-ethyl adjacent to an activating group) is 1. The maximum Gasteiger partial charge on any atom is 0.310 e. The number of carboxylic acid groups (broad SMARTS) is 1. The van der Waals surface area contributed by atoms with Gasteiger partial charge in [-0.15, -0.1) is 0 Å². The summed E-state index contributed by atoms with van der Waals surface area (Å²) in [6.45, 7) is 5.70.